The second kappa shape index (κ2) is 23.6. The maximum atomic E-state index is 12.9. The van der Waals surface area contributed by atoms with Gasteiger partial charge in [-0.1, -0.05) is 61.7 Å². The number of aliphatic hydroxyl groups is 2. The molecule has 0 aliphatic rings. The highest BCUT2D eigenvalue weighted by Gasteiger charge is 2.24. The lowest BCUT2D eigenvalue weighted by molar-refractivity contribution is -0.172. The van der Waals surface area contributed by atoms with E-state index in [4.69, 9.17) is 14.2 Å². The zero-order valence-electron chi connectivity index (χ0n) is 32.1. The molecule has 0 radical (unpaired) electrons. The molecule has 13 heteroatoms. The zero-order valence-corrected chi connectivity index (χ0v) is 32.1. The van der Waals surface area contributed by atoms with Gasteiger partial charge < -0.3 is 35.1 Å². The molecule has 2 amide bonds. The molecule has 0 aliphatic carbocycles. The van der Waals surface area contributed by atoms with Crippen LogP contribution in [0.4, 0.5) is 4.79 Å². The fourth-order valence-electron chi connectivity index (χ4n) is 4.61. The molecule has 0 heterocycles. The largest absolute Gasteiger partial charge is 0.463 e. The molecule has 51 heavy (non-hydrogen) atoms. The van der Waals surface area contributed by atoms with Crippen LogP contribution in [-0.2, 0) is 30.2 Å². The van der Waals surface area contributed by atoms with E-state index in [0.29, 0.717) is 19.3 Å². The van der Waals surface area contributed by atoms with Crippen LogP contribution >= 0.6 is 0 Å². The Morgan fingerprint density at radius 2 is 1.61 bits per heavy atom. The molecular formula is C38H63N5O8. The van der Waals surface area contributed by atoms with Crippen molar-refractivity contribution < 1.29 is 38.8 Å². The maximum absolute atomic E-state index is 12.9. The number of nitrogens with zero attached hydrogens (tertiary/aromatic N) is 1. The van der Waals surface area contributed by atoms with Crippen molar-refractivity contribution in [2.45, 2.75) is 143 Å². The summed E-state index contributed by atoms with van der Waals surface area (Å²) in [5.74, 6) is -0.904. The highest BCUT2D eigenvalue weighted by Crippen LogP contribution is 2.12. The van der Waals surface area contributed by atoms with Crippen molar-refractivity contribution in [2.24, 2.45) is 4.99 Å². The first kappa shape index (κ1) is 45.2. The van der Waals surface area contributed by atoms with Crippen LogP contribution in [0.1, 0.15) is 105 Å². The lowest BCUT2D eigenvalue weighted by atomic mass is 10.0. The fourth-order valence-corrected chi connectivity index (χ4v) is 4.61. The van der Waals surface area contributed by atoms with Crippen molar-refractivity contribution in [3.8, 4) is 0 Å². The molecule has 4 atom stereocenters. The van der Waals surface area contributed by atoms with Crippen LogP contribution in [0.5, 0.6) is 0 Å². The first-order valence-corrected chi connectivity index (χ1v) is 17.9. The van der Waals surface area contributed by atoms with Crippen LogP contribution in [-0.4, -0.2) is 83.2 Å². The van der Waals surface area contributed by atoms with Crippen molar-refractivity contribution >= 4 is 23.9 Å². The van der Waals surface area contributed by atoms with Gasteiger partial charge in [-0.05, 0) is 99.1 Å². The minimum absolute atomic E-state index is 0.0590. The van der Waals surface area contributed by atoms with Crippen molar-refractivity contribution in [2.75, 3.05) is 13.2 Å². The lowest BCUT2D eigenvalue weighted by Crippen LogP contribution is -2.53. The van der Waals surface area contributed by atoms with Crippen LogP contribution in [0, 0.1) is 6.92 Å². The van der Waals surface area contributed by atoms with E-state index in [1.165, 1.54) is 12.2 Å². The molecule has 1 rings (SSSR count). The first-order valence-electron chi connectivity index (χ1n) is 17.9. The average Bonchev–Trinajstić information content (AvgIpc) is 3.00. The number of aliphatic hydroxyl groups excluding tert-OH is 2. The van der Waals surface area contributed by atoms with Crippen molar-refractivity contribution in [1.29, 1.82) is 0 Å². The number of aryl methyl sites for hydroxylation is 1. The highest BCUT2D eigenvalue weighted by molar-refractivity contribution is 5.94. The first-order chi connectivity index (χ1) is 23.9. The van der Waals surface area contributed by atoms with Gasteiger partial charge in [0.25, 0.3) is 0 Å². The number of allylic oxidation sites excluding steroid dienone is 1. The van der Waals surface area contributed by atoms with Gasteiger partial charge in [0.2, 0.25) is 18.3 Å². The summed E-state index contributed by atoms with van der Waals surface area (Å²) in [4.78, 5) is 42.0. The Morgan fingerprint density at radius 1 is 0.922 bits per heavy atom. The number of aliphatic imine (C=N–C) groups is 1. The maximum Gasteiger partial charge on any atom is 0.414 e. The molecule has 1 aromatic carbocycles. The van der Waals surface area contributed by atoms with E-state index < -0.39 is 48.0 Å². The average molecular weight is 718 g/mol. The molecule has 288 valence electrons. The van der Waals surface area contributed by atoms with Gasteiger partial charge in [0.05, 0.1) is 18.2 Å². The minimum Gasteiger partial charge on any atom is -0.463 e. The van der Waals surface area contributed by atoms with E-state index in [-0.39, 0.29) is 25.0 Å². The van der Waals surface area contributed by atoms with Gasteiger partial charge in [0, 0.05) is 18.7 Å². The number of hydrogen-bond acceptors (Lipinski definition) is 10. The molecule has 0 aliphatic heterocycles. The third-order valence-corrected chi connectivity index (χ3v) is 6.95. The summed E-state index contributed by atoms with van der Waals surface area (Å²) in [5, 5.41) is 33.1. The Kier molecular flexibility index (Phi) is 21.0. The number of unbranched alkanes of at least 4 members (excludes halogenated alkanes) is 3. The number of hydrogen-bond donors (Lipinski definition) is 6. The van der Waals surface area contributed by atoms with E-state index in [0.717, 1.165) is 36.8 Å². The lowest BCUT2D eigenvalue weighted by Gasteiger charge is -2.28. The SMILES string of the molecule is CCCCC/C=C/C(=O)N[C@@H](Cc1ccc(C)cc1)C(O)N[C@H](/C=C/C(=O)OCC)CCCN=C(NC(=O)OC(C)(C)C)NC(O)OC(C)(C)C. The van der Waals surface area contributed by atoms with Gasteiger partial charge in [0.1, 0.15) is 11.8 Å². The topological polar surface area (TPSA) is 180 Å². The molecule has 0 saturated carbocycles. The number of ether oxygens (including phenoxy) is 3. The van der Waals surface area contributed by atoms with Crippen molar-refractivity contribution in [3.63, 3.8) is 0 Å². The number of alkyl carbamates (subject to hydrolysis) is 1. The number of guanidine groups is 1. The summed E-state index contributed by atoms with van der Waals surface area (Å²) >= 11 is 0. The third-order valence-electron chi connectivity index (χ3n) is 6.95. The third kappa shape index (κ3) is 23.3. The quantitative estimate of drug-likeness (QED) is 0.0272. The summed E-state index contributed by atoms with van der Waals surface area (Å²) in [5.41, 5.74) is 0.580. The van der Waals surface area contributed by atoms with Crippen LogP contribution in [0.3, 0.4) is 0 Å². The highest BCUT2D eigenvalue weighted by atomic mass is 16.6. The molecule has 0 fully saturated rings. The summed E-state index contributed by atoms with van der Waals surface area (Å²) in [7, 11) is 0. The molecular weight excluding hydrogens is 654 g/mol. The predicted molar refractivity (Wildman–Crippen MR) is 200 cm³/mol. The Morgan fingerprint density at radius 3 is 2.22 bits per heavy atom. The van der Waals surface area contributed by atoms with Crippen LogP contribution in [0.15, 0.2) is 53.6 Å². The smallest absolute Gasteiger partial charge is 0.414 e. The molecule has 0 aromatic heterocycles. The second-order valence-corrected chi connectivity index (χ2v) is 14.3. The second-order valence-electron chi connectivity index (χ2n) is 14.3. The van der Waals surface area contributed by atoms with Crippen LogP contribution < -0.4 is 21.3 Å². The van der Waals surface area contributed by atoms with Gasteiger partial charge in [-0.15, -0.1) is 0 Å². The Balaban J connectivity index is 3.17. The summed E-state index contributed by atoms with van der Waals surface area (Å²) < 4.78 is 15.9. The molecule has 0 spiro atoms. The zero-order chi connectivity index (χ0) is 38.5. The van der Waals surface area contributed by atoms with Gasteiger partial charge in [-0.2, -0.15) is 0 Å². The predicted octanol–water partition coefficient (Wildman–Crippen LogP) is 4.90. The van der Waals surface area contributed by atoms with E-state index in [1.807, 2.05) is 37.3 Å². The Hall–Kier alpha value is -3.78. The summed E-state index contributed by atoms with van der Waals surface area (Å²) in [6, 6.07) is 6.63. The number of rotatable bonds is 20. The molecule has 0 bridgehead atoms. The van der Waals surface area contributed by atoms with E-state index >= 15 is 0 Å². The monoisotopic (exact) mass is 717 g/mol. The molecule has 1 aromatic rings. The van der Waals surface area contributed by atoms with E-state index in [1.54, 1.807) is 54.5 Å². The fraction of sp³-hybridized carbons (Fsp3) is 0.632. The number of benzene rings is 1. The van der Waals surface area contributed by atoms with Crippen LogP contribution in [0.25, 0.3) is 0 Å². The number of esters is 1. The normalized spacial score (nSPS) is 14.9. The number of nitrogens with one attached hydrogen (secondary N) is 4. The van der Waals surface area contributed by atoms with E-state index in [9.17, 15) is 24.6 Å². The van der Waals surface area contributed by atoms with Gasteiger partial charge in [-0.3, -0.25) is 20.4 Å². The van der Waals surface area contributed by atoms with Gasteiger partial charge in [-0.25, -0.2) is 9.59 Å². The summed E-state index contributed by atoms with van der Waals surface area (Å²) in [6.07, 6.45) is 7.93. The Bertz CT molecular complexity index is 1270. The van der Waals surface area contributed by atoms with E-state index in [2.05, 4.69) is 33.2 Å². The van der Waals surface area contributed by atoms with Crippen LogP contribution in [0.2, 0.25) is 0 Å². The minimum atomic E-state index is -1.47. The number of amides is 2. The molecule has 13 nitrogen and oxygen atoms in total. The Labute approximate surface area is 304 Å². The molecule has 2 unspecified atom stereocenters. The standard InChI is InChI=1S/C38H63N5O8/c1-10-12-13-14-15-18-31(44)41-30(26-28-21-19-27(3)20-22-28)33(46)40-29(23-24-32(45)49-11-2)17-16-25-39-34(42-35(47)50-37(4,5)6)43-36(48)51-38(7,8)9/h15,18-24,29-30,33,35,40,46-47H,10-14,16-17,25-26H2,1-9H3,(H,41,44)(H2,39,42,43,48)/b18-15+,24-23+/t29-,30-,33?,35?/m0/s1. The summed E-state index contributed by atoms with van der Waals surface area (Å²) in [6.45, 7) is 16.7. The molecule has 0 saturated heterocycles. The van der Waals surface area contributed by atoms with Crippen molar-refractivity contribution in [1.82, 2.24) is 21.3 Å². The van der Waals surface area contributed by atoms with Crippen molar-refractivity contribution in [3.05, 3.63) is 59.7 Å². The molecule has 6 N–H and O–H groups in total. The van der Waals surface area contributed by atoms with Gasteiger partial charge in [0.15, 0.2) is 0 Å². The number of carbonyl (C=O) groups excluding carboxylic acids is 3. The van der Waals surface area contributed by atoms with Gasteiger partial charge >= 0.3 is 12.1 Å². The number of carbonyl (C=O) groups is 3.